The molecular weight excluding hydrogens is 396 g/mol. The molecule has 0 bridgehead atoms. The predicted molar refractivity (Wildman–Crippen MR) is 133 cm³/mol. The van der Waals surface area contributed by atoms with Crippen LogP contribution in [0.4, 0.5) is 5.69 Å². The molecule has 1 aliphatic heterocycles. The highest BCUT2D eigenvalue weighted by Crippen LogP contribution is 2.36. The van der Waals surface area contributed by atoms with Crippen molar-refractivity contribution in [3.8, 4) is 11.5 Å². The van der Waals surface area contributed by atoms with Crippen LogP contribution in [0, 0.1) is 0 Å². The van der Waals surface area contributed by atoms with Crippen LogP contribution in [0.25, 0.3) is 6.08 Å². The average molecular weight is 427 g/mol. The monoisotopic (exact) mass is 426 g/mol. The molecule has 4 rings (SSSR count). The van der Waals surface area contributed by atoms with E-state index >= 15 is 0 Å². The van der Waals surface area contributed by atoms with E-state index in [9.17, 15) is 0 Å². The zero-order chi connectivity index (χ0) is 22.5. The second-order valence-corrected chi connectivity index (χ2v) is 8.28. The first-order chi connectivity index (χ1) is 15.6. The summed E-state index contributed by atoms with van der Waals surface area (Å²) in [6.45, 7) is 4.43. The summed E-state index contributed by atoms with van der Waals surface area (Å²) < 4.78 is 10.6. The van der Waals surface area contributed by atoms with Crippen molar-refractivity contribution in [2.75, 3.05) is 19.2 Å². The van der Waals surface area contributed by atoms with Crippen LogP contribution >= 0.6 is 0 Å². The minimum atomic E-state index is 0.140. The van der Waals surface area contributed by atoms with Gasteiger partial charge in [0.2, 0.25) is 0 Å². The summed E-state index contributed by atoms with van der Waals surface area (Å²) in [5.41, 5.74) is 5.82. The molecule has 1 heterocycles. The van der Waals surface area contributed by atoms with E-state index in [2.05, 4.69) is 67.4 Å². The first-order valence-electron chi connectivity index (χ1n) is 11.0. The Bertz CT molecular complexity index is 1080. The van der Waals surface area contributed by atoms with Crippen LogP contribution in [0.3, 0.4) is 0 Å². The number of hydrazone groups is 1. The minimum absolute atomic E-state index is 0.140. The molecule has 1 aliphatic rings. The summed E-state index contributed by atoms with van der Waals surface area (Å²) in [4.78, 5) is 0. The van der Waals surface area contributed by atoms with Crippen LogP contribution in [0.2, 0.25) is 0 Å². The fraction of sp³-hybridized carbons (Fsp3) is 0.250. The molecule has 3 aromatic carbocycles. The minimum Gasteiger partial charge on any atom is -0.497 e. The Morgan fingerprint density at radius 1 is 0.812 bits per heavy atom. The van der Waals surface area contributed by atoms with Crippen LogP contribution in [0.5, 0.6) is 11.5 Å². The predicted octanol–water partition coefficient (Wildman–Crippen LogP) is 6.85. The Balaban J connectivity index is 1.62. The van der Waals surface area contributed by atoms with Gasteiger partial charge in [-0.25, -0.2) is 0 Å². The van der Waals surface area contributed by atoms with E-state index in [1.54, 1.807) is 14.2 Å². The Morgan fingerprint density at radius 3 is 1.97 bits per heavy atom. The molecule has 0 saturated carbocycles. The number of anilines is 1. The van der Waals surface area contributed by atoms with E-state index in [4.69, 9.17) is 14.6 Å². The van der Waals surface area contributed by atoms with E-state index < -0.39 is 0 Å². The zero-order valence-electron chi connectivity index (χ0n) is 19.2. The molecule has 1 atom stereocenters. The standard InChI is InChI=1S/C28H30N2O2/c1-20(2)22-8-13-25(14-9-22)30-28(23-10-17-27(32-4)18-11-23)19-24(29-30)12-5-21-6-15-26(31-3)16-7-21/h5-18,20,28H,19H2,1-4H3. The van der Waals surface area contributed by atoms with Gasteiger partial charge in [0.1, 0.15) is 11.5 Å². The molecule has 0 N–H and O–H groups in total. The van der Waals surface area contributed by atoms with Crippen molar-refractivity contribution in [2.45, 2.75) is 32.2 Å². The summed E-state index contributed by atoms with van der Waals surface area (Å²) in [6, 6.07) is 25.2. The van der Waals surface area contributed by atoms with Crippen molar-refractivity contribution >= 4 is 17.5 Å². The summed E-state index contributed by atoms with van der Waals surface area (Å²) in [7, 11) is 3.37. The third-order valence-corrected chi connectivity index (χ3v) is 5.84. The van der Waals surface area contributed by atoms with Crippen LogP contribution < -0.4 is 14.5 Å². The van der Waals surface area contributed by atoms with E-state index in [0.29, 0.717) is 5.92 Å². The Labute approximate surface area is 190 Å². The number of allylic oxidation sites excluding steroid dienone is 1. The highest BCUT2D eigenvalue weighted by Gasteiger charge is 2.28. The molecule has 3 aromatic rings. The highest BCUT2D eigenvalue weighted by molar-refractivity contribution is 6.01. The van der Waals surface area contributed by atoms with Gasteiger partial charge in [0.05, 0.1) is 31.7 Å². The van der Waals surface area contributed by atoms with Gasteiger partial charge in [-0.05, 0) is 65.1 Å². The average Bonchev–Trinajstić information content (AvgIpc) is 3.27. The van der Waals surface area contributed by atoms with Gasteiger partial charge in [-0.3, -0.25) is 5.01 Å². The number of benzene rings is 3. The lowest BCUT2D eigenvalue weighted by Crippen LogP contribution is -2.18. The topological polar surface area (TPSA) is 34.1 Å². The van der Waals surface area contributed by atoms with Gasteiger partial charge in [-0.1, -0.05) is 56.3 Å². The Morgan fingerprint density at radius 2 is 1.41 bits per heavy atom. The fourth-order valence-electron chi connectivity index (χ4n) is 3.88. The molecule has 1 unspecified atom stereocenters. The van der Waals surface area contributed by atoms with Gasteiger partial charge in [0.25, 0.3) is 0 Å². The smallest absolute Gasteiger partial charge is 0.118 e. The summed E-state index contributed by atoms with van der Waals surface area (Å²) >= 11 is 0. The van der Waals surface area contributed by atoms with Gasteiger partial charge < -0.3 is 9.47 Å². The number of hydrogen-bond donors (Lipinski definition) is 0. The second kappa shape index (κ2) is 9.73. The van der Waals surface area contributed by atoms with Crippen LogP contribution in [-0.2, 0) is 0 Å². The maximum Gasteiger partial charge on any atom is 0.118 e. The lowest BCUT2D eigenvalue weighted by molar-refractivity contribution is 0.414. The summed E-state index contributed by atoms with van der Waals surface area (Å²) in [5.74, 6) is 2.22. The largest absolute Gasteiger partial charge is 0.497 e. The zero-order valence-corrected chi connectivity index (χ0v) is 19.2. The molecular formula is C28H30N2O2. The van der Waals surface area contributed by atoms with Crippen molar-refractivity contribution in [3.63, 3.8) is 0 Å². The lowest BCUT2D eigenvalue weighted by Gasteiger charge is -2.24. The number of ether oxygens (including phenoxy) is 2. The molecule has 4 heteroatoms. The van der Waals surface area contributed by atoms with Crippen molar-refractivity contribution in [3.05, 3.63) is 95.6 Å². The summed E-state index contributed by atoms with van der Waals surface area (Å²) in [5, 5.41) is 7.13. The number of nitrogens with zero attached hydrogens (tertiary/aromatic N) is 2. The molecule has 0 amide bonds. The van der Waals surface area contributed by atoms with Gasteiger partial charge in [-0.2, -0.15) is 5.10 Å². The first kappa shape index (κ1) is 21.7. The SMILES string of the molecule is COc1ccc(C=CC2=NN(c3ccc(C(C)C)cc3)C(c3ccc(OC)cc3)C2)cc1. The number of methoxy groups -OCH3 is 2. The van der Waals surface area contributed by atoms with E-state index in [1.807, 2.05) is 36.4 Å². The van der Waals surface area contributed by atoms with Crippen LogP contribution in [0.15, 0.2) is 84.0 Å². The molecule has 0 aromatic heterocycles. The molecule has 4 nitrogen and oxygen atoms in total. The molecule has 164 valence electrons. The third-order valence-electron chi connectivity index (χ3n) is 5.84. The molecule has 0 spiro atoms. The van der Waals surface area contributed by atoms with Gasteiger partial charge in [0, 0.05) is 6.42 Å². The van der Waals surface area contributed by atoms with Crippen molar-refractivity contribution in [1.29, 1.82) is 0 Å². The van der Waals surface area contributed by atoms with Crippen molar-refractivity contribution < 1.29 is 9.47 Å². The normalized spacial score (nSPS) is 16.0. The number of rotatable bonds is 7. The van der Waals surface area contributed by atoms with Gasteiger partial charge in [0.15, 0.2) is 0 Å². The van der Waals surface area contributed by atoms with Crippen molar-refractivity contribution in [2.24, 2.45) is 5.10 Å². The maximum absolute atomic E-state index is 5.34. The lowest BCUT2D eigenvalue weighted by atomic mass is 10.00. The van der Waals surface area contributed by atoms with Crippen molar-refractivity contribution in [1.82, 2.24) is 0 Å². The second-order valence-electron chi connectivity index (χ2n) is 8.28. The maximum atomic E-state index is 5.34. The van der Waals surface area contributed by atoms with E-state index in [1.165, 1.54) is 11.1 Å². The Kier molecular flexibility index (Phi) is 6.60. The third kappa shape index (κ3) is 4.86. The molecule has 0 radical (unpaired) electrons. The highest BCUT2D eigenvalue weighted by atomic mass is 16.5. The molecule has 0 aliphatic carbocycles. The van der Waals surface area contributed by atoms with Crippen LogP contribution in [-0.4, -0.2) is 19.9 Å². The quantitative estimate of drug-likeness (QED) is 0.414. The van der Waals surface area contributed by atoms with Gasteiger partial charge >= 0.3 is 0 Å². The van der Waals surface area contributed by atoms with E-state index in [-0.39, 0.29) is 6.04 Å². The fourth-order valence-corrected chi connectivity index (χ4v) is 3.88. The van der Waals surface area contributed by atoms with Gasteiger partial charge in [-0.15, -0.1) is 0 Å². The molecule has 32 heavy (non-hydrogen) atoms. The summed E-state index contributed by atoms with van der Waals surface area (Å²) in [6.07, 6.45) is 5.06. The number of hydrogen-bond acceptors (Lipinski definition) is 4. The molecule has 0 saturated heterocycles. The van der Waals surface area contributed by atoms with Crippen LogP contribution in [0.1, 0.15) is 48.9 Å². The Hall–Kier alpha value is -3.53. The first-order valence-corrected chi connectivity index (χ1v) is 11.0. The molecule has 0 fully saturated rings. The van der Waals surface area contributed by atoms with E-state index in [0.717, 1.165) is 34.9 Å².